The normalized spacial score (nSPS) is 35.9. The molecule has 0 bridgehead atoms. The molecule has 0 aromatic heterocycles. The number of rotatable bonds is 8. The molecule has 7 unspecified atom stereocenters. The maximum Gasteiger partial charge on any atom is 0.331 e. The highest BCUT2D eigenvalue weighted by Gasteiger charge is 2.58. The van der Waals surface area contributed by atoms with Crippen LogP contribution in [0.3, 0.4) is 0 Å². The Morgan fingerprint density at radius 1 is 1.03 bits per heavy atom. The fourth-order valence-electron chi connectivity index (χ4n) is 8.74. The molecule has 1 saturated heterocycles. The van der Waals surface area contributed by atoms with E-state index in [9.17, 15) is 9.59 Å². The van der Waals surface area contributed by atoms with Crippen molar-refractivity contribution in [1.82, 2.24) is 5.32 Å². The van der Waals surface area contributed by atoms with E-state index in [2.05, 4.69) is 24.1 Å². The molecule has 1 heterocycles. The Morgan fingerprint density at radius 2 is 1.77 bits per heavy atom. The maximum absolute atomic E-state index is 12.7. The monoisotopic (exact) mass is 574 g/mol. The summed E-state index contributed by atoms with van der Waals surface area (Å²) in [5, 5.41) is 3.37. The molecule has 1 aromatic rings. The zero-order chi connectivity index (χ0) is 27.6. The van der Waals surface area contributed by atoms with Crippen LogP contribution in [-0.2, 0) is 14.3 Å². The number of esters is 1. The van der Waals surface area contributed by atoms with E-state index in [0.717, 1.165) is 56.4 Å². The molecule has 7 atom stereocenters. The van der Waals surface area contributed by atoms with Gasteiger partial charge in [0.2, 0.25) is 5.91 Å². The lowest BCUT2D eigenvalue weighted by Crippen LogP contribution is -2.63. The van der Waals surface area contributed by atoms with Gasteiger partial charge in [-0.2, -0.15) is 0 Å². The first-order valence-electron chi connectivity index (χ1n) is 14.9. The van der Waals surface area contributed by atoms with Gasteiger partial charge in [-0.05, 0) is 111 Å². The van der Waals surface area contributed by atoms with Crippen LogP contribution in [0.25, 0.3) is 6.08 Å². The van der Waals surface area contributed by atoms with Crippen molar-refractivity contribution >= 4 is 46.8 Å². The van der Waals surface area contributed by atoms with Crippen molar-refractivity contribution < 1.29 is 14.3 Å². The number of alkyl halides is 2. The first kappa shape index (κ1) is 28.8. The van der Waals surface area contributed by atoms with Gasteiger partial charge in [0.1, 0.15) is 6.10 Å². The molecule has 5 rings (SSSR count). The van der Waals surface area contributed by atoms with E-state index in [-0.39, 0.29) is 23.5 Å². The Kier molecular flexibility index (Phi) is 8.88. The van der Waals surface area contributed by atoms with Crippen LogP contribution in [0.1, 0.15) is 77.2 Å². The Hall–Kier alpha value is -1.72. The van der Waals surface area contributed by atoms with Gasteiger partial charge in [0.05, 0.1) is 0 Å². The molecule has 3 aliphatic carbocycles. The summed E-state index contributed by atoms with van der Waals surface area (Å²) >= 11 is 11.9. The molecule has 214 valence electrons. The van der Waals surface area contributed by atoms with Gasteiger partial charge in [-0.3, -0.25) is 4.79 Å². The number of piperidine rings is 1. The average Bonchev–Trinajstić information content (AvgIpc) is 2.91. The zero-order valence-electron chi connectivity index (χ0n) is 23.5. The summed E-state index contributed by atoms with van der Waals surface area (Å²) in [7, 11) is 0. The largest absolute Gasteiger partial charge is 0.459 e. The van der Waals surface area contributed by atoms with Crippen molar-refractivity contribution in [1.29, 1.82) is 0 Å². The molecule has 0 spiro atoms. The highest BCUT2D eigenvalue weighted by Crippen LogP contribution is 2.62. The average molecular weight is 576 g/mol. The molecule has 4 fully saturated rings. The lowest BCUT2D eigenvalue weighted by molar-refractivity contribution is -0.158. The summed E-state index contributed by atoms with van der Waals surface area (Å²) in [6.07, 6.45) is 12.9. The number of benzene rings is 1. The molecule has 39 heavy (non-hydrogen) atoms. The van der Waals surface area contributed by atoms with E-state index in [1.54, 1.807) is 6.08 Å². The Labute approximate surface area is 244 Å². The molecule has 1 amide bonds. The van der Waals surface area contributed by atoms with Crippen LogP contribution in [0.4, 0.5) is 5.69 Å². The predicted octanol–water partition coefficient (Wildman–Crippen LogP) is 6.81. The minimum atomic E-state index is -0.251. The number of hydrogen-bond donors (Lipinski definition) is 1. The SMILES string of the molecule is CC12CCC3C(CCC4CC(OC(=O)C=Cc5ccc(N(CCCl)CCCl)cc5)CCC43C)C1CCC(=O)N2. The molecule has 1 aliphatic heterocycles. The van der Waals surface area contributed by atoms with Gasteiger partial charge in [0.15, 0.2) is 0 Å². The van der Waals surface area contributed by atoms with Crippen LogP contribution >= 0.6 is 23.2 Å². The van der Waals surface area contributed by atoms with Gasteiger partial charge in [-0.25, -0.2) is 4.79 Å². The Morgan fingerprint density at radius 3 is 2.49 bits per heavy atom. The van der Waals surface area contributed by atoms with E-state index in [1.807, 2.05) is 30.3 Å². The minimum Gasteiger partial charge on any atom is -0.459 e. The standard InChI is InChI=1S/C32H44Cl2N2O3/c1-31-15-13-25(39-30(38)12-5-22-3-7-24(8-4-22)36(19-17-33)20-18-34)21-23(31)6-9-26-27(31)14-16-32(2)28(26)10-11-29(37)35-32/h3-5,7-8,12,23,25-28H,6,9-11,13-21H2,1-2H3,(H,35,37). The van der Waals surface area contributed by atoms with E-state index in [4.69, 9.17) is 27.9 Å². The number of anilines is 1. The number of carbonyl (C=O) groups excluding carboxylic acids is 2. The molecule has 3 saturated carbocycles. The summed E-state index contributed by atoms with van der Waals surface area (Å²) in [4.78, 5) is 27.0. The van der Waals surface area contributed by atoms with Crippen LogP contribution < -0.4 is 10.2 Å². The van der Waals surface area contributed by atoms with E-state index in [0.29, 0.717) is 47.3 Å². The first-order valence-corrected chi connectivity index (χ1v) is 16.0. The first-order chi connectivity index (χ1) is 18.8. The highest BCUT2D eigenvalue weighted by molar-refractivity contribution is 6.18. The molecule has 5 nitrogen and oxygen atoms in total. The van der Waals surface area contributed by atoms with Gasteiger partial charge in [-0.1, -0.05) is 19.1 Å². The molecule has 7 heteroatoms. The second-order valence-corrected chi connectivity index (χ2v) is 13.6. The number of carbonyl (C=O) groups is 2. The second-order valence-electron chi connectivity index (χ2n) is 12.8. The van der Waals surface area contributed by atoms with Gasteiger partial charge in [-0.15, -0.1) is 23.2 Å². The van der Waals surface area contributed by atoms with Gasteiger partial charge >= 0.3 is 5.97 Å². The number of amides is 1. The fraction of sp³-hybridized carbons (Fsp3) is 0.688. The molecule has 4 aliphatic rings. The number of fused-ring (bicyclic) bond motifs is 5. The third-order valence-corrected chi connectivity index (χ3v) is 11.1. The van der Waals surface area contributed by atoms with Gasteiger partial charge < -0.3 is 15.0 Å². The van der Waals surface area contributed by atoms with Crippen LogP contribution in [0.15, 0.2) is 30.3 Å². The van der Waals surface area contributed by atoms with Crippen molar-refractivity contribution in [3.05, 3.63) is 35.9 Å². The Balaban J connectivity index is 1.16. The van der Waals surface area contributed by atoms with Crippen molar-refractivity contribution in [3.8, 4) is 0 Å². The maximum atomic E-state index is 12.7. The molecule has 0 radical (unpaired) electrons. The molecule has 1 aromatic carbocycles. The van der Waals surface area contributed by atoms with Crippen LogP contribution in [0.5, 0.6) is 0 Å². The smallest absolute Gasteiger partial charge is 0.331 e. The van der Waals surface area contributed by atoms with Crippen LogP contribution in [0, 0.1) is 29.1 Å². The summed E-state index contributed by atoms with van der Waals surface area (Å²) in [6.45, 7) is 6.30. The van der Waals surface area contributed by atoms with E-state index >= 15 is 0 Å². The fourth-order valence-corrected chi connectivity index (χ4v) is 9.15. The topological polar surface area (TPSA) is 58.6 Å². The van der Waals surface area contributed by atoms with E-state index < -0.39 is 0 Å². The summed E-state index contributed by atoms with van der Waals surface area (Å²) in [6, 6.07) is 8.09. The van der Waals surface area contributed by atoms with Crippen molar-refractivity contribution in [3.63, 3.8) is 0 Å². The third-order valence-electron chi connectivity index (χ3n) is 10.8. The third kappa shape index (κ3) is 6.00. The van der Waals surface area contributed by atoms with Gasteiger partial charge in [0.25, 0.3) is 0 Å². The van der Waals surface area contributed by atoms with Crippen LogP contribution in [-0.4, -0.2) is 48.4 Å². The van der Waals surface area contributed by atoms with Crippen molar-refractivity contribution in [2.24, 2.45) is 29.1 Å². The number of hydrogen-bond acceptors (Lipinski definition) is 4. The number of ether oxygens (including phenoxy) is 1. The summed E-state index contributed by atoms with van der Waals surface area (Å²) in [5.41, 5.74) is 2.33. The number of halogens is 2. The van der Waals surface area contributed by atoms with Gasteiger partial charge in [0, 0.05) is 48.6 Å². The lowest BCUT2D eigenvalue weighted by atomic mass is 9.45. The second kappa shape index (κ2) is 12.0. The van der Waals surface area contributed by atoms with Crippen LogP contribution in [0.2, 0.25) is 0 Å². The molecule has 1 N–H and O–H groups in total. The molecular formula is C32H44Cl2N2O3. The predicted molar refractivity (Wildman–Crippen MR) is 159 cm³/mol. The van der Waals surface area contributed by atoms with E-state index in [1.165, 1.54) is 19.3 Å². The zero-order valence-corrected chi connectivity index (χ0v) is 25.0. The van der Waals surface area contributed by atoms with Crippen molar-refractivity contribution in [2.45, 2.75) is 83.3 Å². The minimum absolute atomic E-state index is 0.00152. The number of nitrogens with zero attached hydrogens (tertiary/aromatic N) is 1. The van der Waals surface area contributed by atoms with Crippen molar-refractivity contribution in [2.75, 3.05) is 29.7 Å². The summed E-state index contributed by atoms with van der Waals surface area (Å²) < 4.78 is 5.97. The summed E-state index contributed by atoms with van der Waals surface area (Å²) in [5.74, 6) is 3.71. The Bertz CT molecular complexity index is 1060. The molecular weight excluding hydrogens is 531 g/mol. The lowest BCUT2D eigenvalue weighted by Gasteiger charge is -2.62. The number of nitrogens with one attached hydrogen (secondary N) is 1. The quantitative estimate of drug-likeness (QED) is 0.210. The highest BCUT2D eigenvalue weighted by atomic mass is 35.5.